The van der Waals surface area contributed by atoms with Crippen LogP contribution in [0.15, 0.2) is 24.3 Å². The average Bonchev–Trinajstić information content (AvgIpc) is 2.18. The molecule has 0 saturated heterocycles. The molecule has 0 heterocycles. The molecule has 82 valence electrons. The van der Waals surface area contributed by atoms with Gasteiger partial charge in [-0.3, -0.25) is 4.79 Å². The minimum absolute atomic E-state index is 0.0970. The Morgan fingerprint density at radius 2 is 1.87 bits per heavy atom. The van der Waals surface area contributed by atoms with E-state index in [2.05, 4.69) is 12.6 Å². The molecule has 0 saturated carbocycles. The molecular weight excluding hydrogens is 236 g/mol. The van der Waals surface area contributed by atoms with Gasteiger partial charge in [0.05, 0.1) is 5.75 Å². The minimum atomic E-state index is -3.51. The van der Waals surface area contributed by atoms with Crippen LogP contribution in [0.5, 0.6) is 5.75 Å². The zero-order valence-corrected chi connectivity index (χ0v) is 9.72. The van der Waals surface area contributed by atoms with Gasteiger partial charge in [0, 0.05) is 5.56 Å². The highest BCUT2D eigenvalue weighted by Gasteiger charge is 2.09. The molecule has 0 atom stereocenters. The predicted molar refractivity (Wildman–Crippen MR) is 59.8 cm³/mol. The van der Waals surface area contributed by atoms with Crippen LogP contribution in [-0.2, 0) is 10.1 Å². The molecule has 1 aromatic carbocycles. The molecule has 0 aliphatic heterocycles. The minimum Gasteiger partial charge on any atom is -0.382 e. The van der Waals surface area contributed by atoms with E-state index in [1.54, 1.807) is 0 Å². The third-order valence-electron chi connectivity index (χ3n) is 1.68. The van der Waals surface area contributed by atoms with Crippen molar-refractivity contribution >= 4 is 27.9 Å². The standard InChI is InChI=1S/C9H10O4S2/c1-2-15(11,12)13-8-5-3-7(4-6-8)9(10)14/h3-6H,2H2,1H3,(H,10,14). The monoisotopic (exact) mass is 246 g/mol. The number of carbonyl (C=O) groups is 1. The summed E-state index contributed by atoms with van der Waals surface area (Å²) in [5, 5.41) is -0.375. The van der Waals surface area contributed by atoms with Gasteiger partial charge in [0.1, 0.15) is 5.75 Å². The van der Waals surface area contributed by atoms with Gasteiger partial charge in [-0.2, -0.15) is 8.42 Å². The highest BCUT2D eigenvalue weighted by molar-refractivity contribution is 7.97. The van der Waals surface area contributed by atoms with Crippen molar-refractivity contribution in [3.05, 3.63) is 29.8 Å². The van der Waals surface area contributed by atoms with Crippen LogP contribution in [0.1, 0.15) is 17.3 Å². The zero-order valence-electron chi connectivity index (χ0n) is 8.00. The molecule has 4 nitrogen and oxygen atoms in total. The van der Waals surface area contributed by atoms with Gasteiger partial charge in [-0.15, -0.1) is 12.6 Å². The lowest BCUT2D eigenvalue weighted by Gasteiger charge is -2.04. The molecule has 0 radical (unpaired) electrons. The highest BCUT2D eigenvalue weighted by atomic mass is 32.2. The van der Waals surface area contributed by atoms with Crippen molar-refractivity contribution in [3.8, 4) is 5.75 Å². The van der Waals surface area contributed by atoms with Crippen molar-refractivity contribution in [3.63, 3.8) is 0 Å². The van der Waals surface area contributed by atoms with E-state index in [1.807, 2.05) is 0 Å². The molecule has 0 aromatic heterocycles. The van der Waals surface area contributed by atoms with Crippen molar-refractivity contribution in [1.29, 1.82) is 0 Å². The number of benzene rings is 1. The number of hydrogen-bond acceptors (Lipinski definition) is 4. The molecule has 1 aromatic rings. The van der Waals surface area contributed by atoms with Crippen LogP contribution in [0, 0.1) is 0 Å². The van der Waals surface area contributed by atoms with Crippen molar-refractivity contribution in [2.45, 2.75) is 6.92 Å². The summed E-state index contributed by atoms with van der Waals surface area (Å²) in [5.74, 6) is 0.0930. The first kappa shape index (κ1) is 12.1. The molecule has 6 heteroatoms. The summed E-state index contributed by atoms with van der Waals surface area (Å²) in [6, 6.07) is 5.74. The van der Waals surface area contributed by atoms with E-state index in [9.17, 15) is 13.2 Å². The van der Waals surface area contributed by atoms with E-state index in [4.69, 9.17) is 4.18 Å². The van der Waals surface area contributed by atoms with Gasteiger partial charge < -0.3 is 4.18 Å². The Kier molecular flexibility index (Phi) is 3.76. The molecular formula is C9H10O4S2. The summed E-state index contributed by atoms with van der Waals surface area (Å²) in [5.41, 5.74) is 0.388. The van der Waals surface area contributed by atoms with E-state index < -0.39 is 10.1 Å². The van der Waals surface area contributed by atoms with Gasteiger partial charge in [0.15, 0.2) is 0 Å². The Morgan fingerprint density at radius 1 is 1.33 bits per heavy atom. The maximum absolute atomic E-state index is 11.1. The highest BCUT2D eigenvalue weighted by Crippen LogP contribution is 2.15. The normalized spacial score (nSPS) is 11.1. The summed E-state index contributed by atoms with van der Waals surface area (Å²) in [4.78, 5) is 10.8. The lowest BCUT2D eigenvalue weighted by atomic mass is 10.2. The van der Waals surface area contributed by atoms with Gasteiger partial charge in [-0.1, -0.05) is 0 Å². The average molecular weight is 246 g/mol. The molecule has 0 spiro atoms. The Morgan fingerprint density at radius 3 is 2.27 bits per heavy atom. The zero-order chi connectivity index (χ0) is 11.5. The number of hydrogen-bond donors (Lipinski definition) is 1. The number of carbonyl (C=O) groups excluding carboxylic acids is 1. The fourth-order valence-electron chi connectivity index (χ4n) is 0.859. The van der Waals surface area contributed by atoms with E-state index in [0.717, 1.165) is 0 Å². The third kappa shape index (κ3) is 3.56. The van der Waals surface area contributed by atoms with Crippen LogP contribution >= 0.6 is 12.6 Å². The van der Waals surface area contributed by atoms with Crippen molar-refractivity contribution < 1.29 is 17.4 Å². The summed E-state index contributed by atoms with van der Waals surface area (Å²) < 4.78 is 26.9. The van der Waals surface area contributed by atoms with E-state index in [1.165, 1.54) is 31.2 Å². The fourth-order valence-corrected chi connectivity index (χ4v) is 1.53. The second kappa shape index (κ2) is 4.67. The van der Waals surface area contributed by atoms with E-state index in [-0.39, 0.29) is 16.6 Å². The molecule has 0 aliphatic rings. The van der Waals surface area contributed by atoms with Gasteiger partial charge in [0.25, 0.3) is 0 Å². The topological polar surface area (TPSA) is 60.4 Å². The largest absolute Gasteiger partial charge is 0.382 e. The maximum atomic E-state index is 11.1. The van der Waals surface area contributed by atoms with Crippen LogP contribution in [0.25, 0.3) is 0 Å². The van der Waals surface area contributed by atoms with Crippen LogP contribution < -0.4 is 4.18 Å². The number of rotatable bonds is 4. The second-order valence-electron chi connectivity index (χ2n) is 2.76. The van der Waals surface area contributed by atoms with Crippen molar-refractivity contribution in [2.75, 3.05) is 5.75 Å². The lowest BCUT2D eigenvalue weighted by Crippen LogP contribution is -2.11. The lowest BCUT2D eigenvalue weighted by molar-refractivity contribution is 0.109. The molecule has 0 amide bonds. The Bertz CT molecular complexity index is 448. The van der Waals surface area contributed by atoms with Gasteiger partial charge in [-0.05, 0) is 31.2 Å². The Labute approximate surface area is 93.8 Å². The van der Waals surface area contributed by atoms with Gasteiger partial charge in [0.2, 0.25) is 5.12 Å². The van der Waals surface area contributed by atoms with E-state index in [0.29, 0.717) is 5.56 Å². The maximum Gasteiger partial charge on any atom is 0.308 e. The van der Waals surface area contributed by atoms with Crippen LogP contribution in [-0.4, -0.2) is 19.3 Å². The fraction of sp³-hybridized carbons (Fsp3) is 0.222. The summed E-state index contributed by atoms with van der Waals surface area (Å²) in [7, 11) is -3.51. The molecule has 0 aliphatic carbocycles. The molecule has 0 unspecified atom stereocenters. The van der Waals surface area contributed by atoms with E-state index >= 15 is 0 Å². The smallest absolute Gasteiger partial charge is 0.308 e. The number of thiol groups is 1. The summed E-state index contributed by atoms with van der Waals surface area (Å²) >= 11 is 3.63. The summed E-state index contributed by atoms with van der Waals surface area (Å²) in [6.45, 7) is 1.49. The third-order valence-corrected chi connectivity index (χ3v) is 3.09. The molecule has 0 N–H and O–H groups in total. The molecule has 15 heavy (non-hydrogen) atoms. The first-order chi connectivity index (χ1) is 6.94. The first-order valence-corrected chi connectivity index (χ1v) is 6.22. The van der Waals surface area contributed by atoms with Crippen molar-refractivity contribution in [2.24, 2.45) is 0 Å². The molecule has 1 rings (SSSR count). The predicted octanol–water partition coefficient (Wildman–Crippen LogP) is 1.49. The SMILES string of the molecule is CCS(=O)(=O)Oc1ccc(C(=O)S)cc1. The van der Waals surface area contributed by atoms with Crippen LogP contribution in [0.4, 0.5) is 0 Å². The molecule has 0 fully saturated rings. The van der Waals surface area contributed by atoms with Crippen molar-refractivity contribution in [1.82, 2.24) is 0 Å². The quantitative estimate of drug-likeness (QED) is 0.646. The first-order valence-electron chi connectivity index (χ1n) is 4.20. The Balaban J connectivity index is 2.86. The van der Waals surface area contributed by atoms with Crippen LogP contribution in [0.2, 0.25) is 0 Å². The molecule has 0 bridgehead atoms. The Hall–Kier alpha value is -1.01. The second-order valence-corrected chi connectivity index (χ2v) is 5.02. The summed E-state index contributed by atoms with van der Waals surface area (Å²) in [6.07, 6.45) is 0. The van der Waals surface area contributed by atoms with Gasteiger partial charge in [-0.25, -0.2) is 0 Å². The van der Waals surface area contributed by atoms with Crippen LogP contribution in [0.3, 0.4) is 0 Å². The van der Waals surface area contributed by atoms with Gasteiger partial charge >= 0.3 is 10.1 Å².